The second kappa shape index (κ2) is 6.65. The van der Waals surface area contributed by atoms with Crippen molar-refractivity contribution in [2.24, 2.45) is 0 Å². The number of nitrogens with one attached hydrogen (secondary N) is 1. The van der Waals surface area contributed by atoms with E-state index in [1.165, 1.54) is 40.8 Å². The van der Waals surface area contributed by atoms with Crippen LogP contribution < -0.4 is 0 Å². The standard InChI is InChI=1S/C20H23N3O/c1-15-4-2-5-17(10-15)19-11-21-22-20(19)18-6-3-8-23(13-18)12-16-7-9-24-14-16/h2,4-5,7,9-11,14,18H,3,6,8,12-13H2,1H3,(H,21,22). The molecule has 3 heterocycles. The first-order chi connectivity index (χ1) is 11.8. The zero-order valence-corrected chi connectivity index (χ0v) is 14.0. The summed E-state index contributed by atoms with van der Waals surface area (Å²) in [6.45, 7) is 5.30. The highest BCUT2D eigenvalue weighted by Gasteiger charge is 2.25. The van der Waals surface area contributed by atoms with Gasteiger partial charge in [0.25, 0.3) is 0 Å². The monoisotopic (exact) mass is 321 g/mol. The van der Waals surface area contributed by atoms with Gasteiger partial charge in [-0.25, -0.2) is 0 Å². The summed E-state index contributed by atoms with van der Waals surface area (Å²) in [4.78, 5) is 2.51. The quantitative estimate of drug-likeness (QED) is 0.776. The number of hydrogen-bond donors (Lipinski definition) is 1. The highest BCUT2D eigenvalue weighted by Crippen LogP contribution is 2.33. The van der Waals surface area contributed by atoms with Crippen LogP contribution in [0.5, 0.6) is 0 Å². The number of benzene rings is 1. The Balaban J connectivity index is 1.54. The number of likely N-dealkylation sites (tertiary alicyclic amines) is 1. The van der Waals surface area contributed by atoms with Gasteiger partial charge in [-0.2, -0.15) is 5.10 Å². The van der Waals surface area contributed by atoms with Crippen LogP contribution in [-0.4, -0.2) is 28.2 Å². The molecule has 0 amide bonds. The van der Waals surface area contributed by atoms with E-state index in [-0.39, 0.29) is 0 Å². The molecule has 1 aliphatic heterocycles. The van der Waals surface area contributed by atoms with Crippen LogP contribution >= 0.6 is 0 Å². The molecule has 0 spiro atoms. The molecule has 1 atom stereocenters. The lowest BCUT2D eigenvalue weighted by molar-refractivity contribution is 0.198. The van der Waals surface area contributed by atoms with Crippen molar-refractivity contribution in [3.8, 4) is 11.1 Å². The minimum Gasteiger partial charge on any atom is -0.472 e. The molecule has 4 rings (SSSR count). The topological polar surface area (TPSA) is 45.1 Å². The minimum atomic E-state index is 0.503. The summed E-state index contributed by atoms with van der Waals surface area (Å²) in [5.74, 6) is 0.503. The average molecular weight is 321 g/mol. The van der Waals surface area contributed by atoms with Gasteiger partial charge in [-0.15, -0.1) is 0 Å². The van der Waals surface area contributed by atoms with Gasteiger partial charge in [-0.1, -0.05) is 29.8 Å². The molecule has 0 radical (unpaired) electrons. The van der Waals surface area contributed by atoms with Gasteiger partial charge in [0, 0.05) is 35.8 Å². The van der Waals surface area contributed by atoms with Crippen LogP contribution in [-0.2, 0) is 6.54 Å². The second-order valence-corrected chi connectivity index (χ2v) is 6.77. The van der Waals surface area contributed by atoms with Gasteiger partial charge >= 0.3 is 0 Å². The third-order valence-electron chi connectivity index (χ3n) is 4.90. The van der Waals surface area contributed by atoms with Crippen LogP contribution in [0.1, 0.15) is 35.6 Å². The van der Waals surface area contributed by atoms with Gasteiger partial charge in [0.15, 0.2) is 0 Å². The van der Waals surface area contributed by atoms with Crippen LogP contribution in [0.2, 0.25) is 0 Å². The lowest BCUT2D eigenvalue weighted by atomic mass is 9.90. The maximum atomic E-state index is 5.20. The number of aromatic nitrogens is 2. The molecule has 3 aromatic rings. The van der Waals surface area contributed by atoms with Crippen molar-refractivity contribution in [1.82, 2.24) is 15.1 Å². The predicted octanol–water partition coefficient (Wildman–Crippen LogP) is 4.36. The molecule has 1 saturated heterocycles. The van der Waals surface area contributed by atoms with Gasteiger partial charge in [0.05, 0.1) is 18.7 Å². The number of aryl methyl sites for hydroxylation is 1. The van der Waals surface area contributed by atoms with Crippen LogP contribution in [0.15, 0.2) is 53.5 Å². The molecule has 0 aliphatic carbocycles. The van der Waals surface area contributed by atoms with Gasteiger partial charge in [-0.3, -0.25) is 10.00 Å². The third-order valence-corrected chi connectivity index (χ3v) is 4.90. The first kappa shape index (κ1) is 15.2. The number of piperidine rings is 1. The second-order valence-electron chi connectivity index (χ2n) is 6.77. The Hall–Kier alpha value is -2.33. The Morgan fingerprint density at radius 1 is 1.33 bits per heavy atom. The molecule has 1 fully saturated rings. The van der Waals surface area contributed by atoms with E-state index in [1.807, 2.05) is 12.5 Å². The van der Waals surface area contributed by atoms with Crippen LogP contribution in [0, 0.1) is 6.92 Å². The van der Waals surface area contributed by atoms with E-state index < -0.39 is 0 Å². The summed E-state index contributed by atoms with van der Waals surface area (Å²) in [7, 11) is 0. The predicted molar refractivity (Wildman–Crippen MR) is 94.7 cm³/mol. The first-order valence-electron chi connectivity index (χ1n) is 8.63. The molecule has 2 aromatic heterocycles. The third kappa shape index (κ3) is 3.15. The molecule has 24 heavy (non-hydrogen) atoms. The molecule has 124 valence electrons. The molecular formula is C20H23N3O. The minimum absolute atomic E-state index is 0.503. The SMILES string of the molecule is Cc1cccc(-c2cn[nH]c2C2CCCN(Cc3ccoc3)C2)c1. The van der Waals surface area contributed by atoms with E-state index in [0.29, 0.717) is 5.92 Å². The number of aromatic amines is 1. The fourth-order valence-electron chi connectivity index (χ4n) is 3.73. The van der Waals surface area contributed by atoms with Crippen LogP contribution in [0.3, 0.4) is 0 Å². The lowest BCUT2D eigenvalue weighted by Crippen LogP contribution is -2.34. The molecular weight excluding hydrogens is 298 g/mol. The fourth-order valence-corrected chi connectivity index (χ4v) is 3.73. The number of hydrogen-bond acceptors (Lipinski definition) is 3. The lowest BCUT2D eigenvalue weighted by Gasteiger charge is -2.32. The summed E-state index contributed by atoms with van der Waals surface area (Å²) in [5, 5.41) is 7.62. The first-order valence-corrected chi connectivity index (χ1v) is 8.63. The summed E-state index contributed by atoms with van der Waals surface area (Å²) in [6.07, 6.45) is 8.00. The van der Waals surface area contributed by atoms with Gasteiger partial charge < -0.3 is 4.42 Å². The Bertz CT molecular complexity index is 791. The summed E-state index contributed by atoms with van der Waals surface area (Å²) < 4.78 is 5.20. The van der Waals surface area contributed by atoms with Crippen LogP contribution in [0.4, 0.5) is 0 Å². The zero-order chi connectivity index (χ0) is 16.4. The number of furan rings is 1. The molecule has 1 aromatic carbocycles. The van der Waals surface area contributed by atoms with Crippen LogP contribution in [0.25, 0.3) is 11.1 Å². The zero-order valence-electron chi connectivity index (χ0n) is 14.0. The normalized spacial score (nSPS) is 18.8. The van der Waals surface area contributed by atoms with Crippen molar-refractivity contribution >= 4 is 0 Å². The van der Waals surface area contributed by atoms with Crippen molar-refractivity contribution < 1.29 is 4.42 Å². The van der Waals surface area contributed by atoms with Crippen molar-refractivity contribution in [3.05, 3.63) is 65.9 Å². The largest absolute Gasteiger partial charge is 0.472 e. The number of nitrogens with zero attached hydrogens (tertiary/aromatic N) is 2. The Morgan fingerprint density at radius 2 is 2.29 bits per heavy atom. The summed E-state index contributed by atoms with van der Waals surface area (Å²) in [5.41, 5.74) is 6.31. The fraction of sp³-hybridized carbons (Fsp3) is 0.350. The van der Waals surface area contributed by atoms with Crippen molar-refractivity contribution in [3.63, 3.8) is 0 Å². The highest BCUT2D eigenvalue weighted by molar-refractivity contribution is 5.66. The van der Waals surface area contributed by atoms with E-state index in [1.54, 1.807) is 6.26 Å². The molecule has 1 N–H and O–H groups in total. The Labute approximate surface area is 142 Å². The van der Waals surface area contributed by atoms with Gasteiger partial charge in [0.2, 0.25) is 0 Å². The Morgan fingerprint density at radius 3 is 3.12 bits per heavy atom. The van der Waals surface area contributed by atoms with E-state index in [2.05, 4.69) is 52.4 Å². The number of H-pyrrole nitrogens is 1. The molecule has 1 unspecified atom stereocenters. The molecule has 4 nitrogen and oxygen atoms in total. The van der Waals surface area contributed by atoms with E-state index in [9.17, 15) is 0 Å². The maximum absolute atomic E-state index is 5.20. The Kier molecular flexibility index (Phi) is 4.22. The van der Waals surface area contributed by atoms with E-state index in [0.717, 1.165) is 19.6 Å². The van der Waals surface area contributed by atoms with E-state index >= 15 is 0 Å². The van der Waals surface area contributed by atoms with Crippen molar-refractivity contribution in [1.29, 1.82) is 0 Å². The summed E-state index contributed by atoms with van der Waals surface area (Å²) in [6, 6.07) is 10.7. The maximum Gasteiger partial charge on any atom is 0.0947 e. The number of rotatable bonds is 4. The highest BCUT2D eigenvalue weighted by atomic mass is 16.3. The van der Waals surface area contributed by atoms with Crippen molar-refractivity contribution in [2.45, 2.75) is 32.2 Å². The van der Waals surface area contributed by atoms with Gasteiger partial charge in [0.1, 0.15) is 0 Å². The molecule has 0 saturated carbocycles. The average Bonchev–Trinajstić information content (AvgIpc) is 3.26. The summed E-state index contributed by atoms with van der Waals surface area (Å²) >= 11 is 0. The molecule has 1 aliphatic rings. The van der Waals surface area contributed by atoms with Gasteiger partial charge in [-0.05, 0) is 37.9 Å². The molecule has 0 bridgehead atoms. The van der Waals surface area contributed by atoms with Crippen molar-refractivity contribution in [2.75, 3.05) is 13.1 Å². The smallest absolute Gasteiger partial charge is 0.0947 e. The molecule has 4 heteroatoms. The van der Waals surface area contributed by atoms with E-state index in [4.69, 9.17) is 4.42 Å².